The number of nitrogens with zero attached hydrogens (tertiary/aromatic N) is 2. The van der Waals surface area contributed by atoms with Crippen molar-refractivity contribution >= 4 is 5.71 Å². The van der Waals surface area contributed by atoms with Crippen molar-refractivity contribution in [3.05, 3.63) is 106 Å². The summed E-state index contributed by atoms with van der Waals surface area (Å²) < 4.78 is 19.9. The van der Waals surface area contributed by atoms with Crippen LogP contribution >= 0.6 is 0 Å². The fraction of sp³-hybridized carbons (Fsp3) is 0.154. The van der Waals surface area contributed by atoms with Gasteiger partial charge in [0.2, 0.25) is 0 Å². The maximum atomic E-state index is 13.4. The van der Waals surface area contributed by atoms with Gasteiger partial charge in [0.15, 0.2) is 0 Å². The SMILES string of the molecule is COc1ccc(-c2[nH]n(-c3ccccc3)c(=O)c2C(C)=NCCc2ccc(F)cc2)cc1. The fourth-order valence-corrected chi connectivity index (χ4v) is 3.58. The number of hydrogen-bond acceptors (Lipinski definition) is 3. The number of aliphatic imine (C=N–C) groups is 1. The molecule has 162 valence electrons. The van der Waals surface area contributed by atoms with Crippen molar-refractivity contribution in [2.45, 2.75) is 13.3 Å². The van der Waals surface area contributed by atoms with Gasteiger partial charge in [-0.05, 0) is 67.4 Å². The molecule has 1 aromatic heterocycles. The van der Waals surface area contributed by atoms with E-state index in [1.165, 1.54) is 16.8 Å². The molecule has 4 rings (SSSR count). The highest BCUT2D eigenvalue weighted by atomic mass is 19.1. The third-order valence-corrected chi connectivity index (χ3v) is 5.31. The van der Waals surface area contributed by atoms with E-state index < -0.39 is 0 Å². The van der Waals surface area contributed by atoms with Crippen LogP contribution in [0.2, 0.25) is 0 Å². The molecule has 0 radical (unpaired) electrons. The highest BCUT2D eigenvalue weighted by Crippen LogP contribution is 2.24. The number of aromatic amines is 1. The molecule has 0 atom stereocenters. The van der Waals surface area contributed by atoms with Crippen LogP contribution in [-0.2, 0) is 6.42 Å². The second kappa shape index (κ2) is 9.47. The smallest absolute Gasteiger partial charge is 0.280 e. The lowest BCUT2D eigenvalue weighted by atomic mass is 10.0. The molecule has 3 aromatic carbocycles. The Kier molecular flexibility index (Phi) is 6.31. The molecule has 0 spiro atoms. The molecule has 4 aromatic rings. The maximum absolute atomic E-state index is 13.4. The molecule has 1 heterocycles. The van der Waals surface area contributed by atoms with Gasteiger partial charge in [0, 0.05) is 17.8 Å². The Morgan fingerprint density at radius 3 is 2.34 bits per heavy atom. The lowest BCUT2D eigenvalue weighted by Crippen LogP contribution is -2.19. The van der Waals surface area contributed by atoms with E-state index in [0.29, 0.717) is 29.9 Å². The molecular formula is C26H24FN3O2. The summed E-state index contributed by atoms with van der Waals surface area (Å²) in [5, 5.41) is 3.26. The molecule has 0 saturated carbocycles. The minimum Gasteiger partial charge on any atom is -0.497 e. The topological polar surface area (TPSA) is 59.4 Å². The molecule has 6 heteroatoms. The average Bonchev–Trinajstić information content (AvgIpc) is 3.18. The number of halogens is 1. The molecule has 0 fully saturated rings. The van der Waals surface area contributed by atoms with Gasteiger partial charge < -0.3 is 4.74 Å². The predicted molar refractivity (Wildman–Crippen MR) is 126 cm³/mol. The van der Waals surface area contributed by atoms with Crippen molar-refractivity contribution in [2.75, 3.05) is 13.7 Å². The number of nitrogens with one attached hydrogen (secondary N) is 1. The Bertz CT molecular complexity index is 1270. The molecule has 1 N–H and O–H groups in total. The highest BCUT2D eigenvalue weighted by Gasteiger charge is 2.19. The van der Waals surface area contributed by atoms with E-state index >= 15 is 0 Å². The van der Waals surface area contributed by atoms with Crippen LogP contribution in [0.25, 0.3) is 16.9 Å². The summed E-state index contributed by atoms with van der Waals surface area (Å²) >= 11 is 0. The number of hydrogen-bond donors (Lipinski definition) is 1. The summed E-state index contributed by atoms with van der Waals surface area (Å²) in [6.07, 6.45) is 0.660. The fourth-order valence-electron chi connectivity index (χ4n) is 3.58. The molecule has 0 amide bonds. The Hall–Kier alpha value is -3.93. The van der Waals surface area contributed by atoms with Crippen LogP contribution in [0.1, 0.15) is 18.1 Å². The van der Waals surface area contributed by atoms with Crippen molar-refractivity contribution in [1.29, 1.82) is 0 Å². The predicted octanol–water partition coefficient (Wildman–Crippen LogP) is 5.03. The van der Waals surface area contributed by atoms with Crippen LogP contribution < -0.4 is 10.3 Å². The van der Waals surface area contributed by atoms with Gasteiger partial charge in [0.25, 0.3) is 5.56 Å². The van der Waals surface area contributed by atoms with Gasteiger partial charge in [-0.1, -0.05) is 30.3 Å². The van der Waals surface area contributed by atoms with Gasteiger partial charge in [0.05, 0.1) is 24.1 Å². The number of H-pyrrole nitrogens is 1. The lowest BCUT2D eigenvalue weighted by Gasteiger charge is -2.05. The van der Waals surface area contributed by atoms with E-state index in [9.17, 15) is 9.18 Å². The molecule has 0 aliphatic rings. The van der Waals surface area contributed by atoms with Gasteiger partial charge in [-0.2, -0.15) is 0 Å². The van der Waals surface area contributed by atoms with Crippen LogP contribution in [0.3, 0.4) is 0 Å². The largest absolute Gasteiger partial charge is 0.497 e. The minimum absolute atomic E-state index is 0.162. The quantitative estimate of drug-likeness (QED) is 0.419. The highest BCUT2D eigenvalue weighted by molar-refractivity contribution is 6.03. The Labute approximate surface area is 185 Å². The average molecular weight is 429 g/mol. The van der Waals surface area contributed by atoms with Gasteiger partial charge in [-0.25, -0.2) is 9.07 Å². The van der Waals surface area contributed by atoms with Crippen molar-refractivity contribution in [2.24, 2.45) is 4.99 Å². The zero-order chi connectivity index (χ0) is 22.5. The minimum atomic E-state index is -0.258. The zero-order valence-corrected chi connectivity index (χ0v) is 18.0. The van der Waals surface area contributed by atoms with Gasteiger partial charge in [0.1, 0.15) is 11.6 Å². The monoisotopic (exact) mass is 429 g/mol. The second-order valence-corrected chi connectivity index (χ2v) is 7.41. The molecule has 0 saturated heterocycles. The molecular weight excluding hydrogens is 405 g/mol. The van der Waals surface area contributed by atoms with Crippen LogP contribution in [0, 0.1) is 5.82 Å². The number of aromatic nitrogens is 2. The molecule has 5 nitrogen and oxygen atoms in total. The van der Waals surface area contributed by atoms with Crippen LogP contribution in [0.4, 0.5) is 4.39 Å². The molecule has 32 heavy (non-hydrogen) atoms. The van der Waals surface area contributed by atoms with E-state index in [1.54, 1.807) is 19.2 Å². The number of para-hydroxylation sites is 1. The van der Waals surface area contributed by atoms with Crippen LogP contribution in [0.15, 0.2) is 88.6 Å². The molecule has 0 aliphatic heterocycles. The summed E-state index contributed by atoms with van der Waals surface area (Å²) in [6.45, 7) is 2.34. The first kappa shape index (κ1) is 21.3. The summed E-state index contributed by atoms with van der Waals surface area (Å²) in [5.74, 6) is 0.483. The van der Waals surface area contributed by atoms with E-state index in [2.05, 4.69) is 10.1 Å². The third-order valence-electron chi connectivity index (χ3n) is 5.31. The maximum Gasteiger partial charge on any atom is 0.280 e. The number of benzene rings is 3. The summed E-state index contributed by atoms with van der Waals surface area (Å²) in [4.78, 5) is 18.0. The van der Waals surface area contributed by atoms with Crippen LogP contribution in [-0.4, -0.2) is 29.1 Å². The normalized spacial score (nSPS) is 11.5. The first-order valence-corrected chi connectivity index (χ1v) is 10.4. The zero-order valence-electron chi connectivity index (χ0n) is 18.0. The third kappa shape index (κ3) is 4.54. The van der Waals surface area contributed by atoms with Crippen molar-refractivity contribution < 1.29 is 9.13 Å². The standard InChI is InChI=1S/C26H24FN3O2/c1-18(28-17-16-19-8-12-21(27)13-9-19)24-25(20-10-14-23(32-2)15-11-20)29-30(26(24)31)22-6-4-3-5-7-22/h3-15,29H,16-17H2,1-2H3. The first-order valence-electron chi connectivity index (χ1n) is 10.4. The first-order chi connectivity index (χ1) is 15.6. The Balaban J connectivity index is 1.72. The van der Waals surface area contributed by atoms with Crippen molar-refractivity contribution in [3.8, 4) is 22.7 Å². The van der Waals surface area contributed by atoms with Crippen molar-refractivity contribution in [1.82, 2.24) is 9.78 Å². The summed E-state index contributed by atoms with van der Waals surface area (Å²) in [5.41, 5.74) is 4.31. The second-order valence-electron chi connectivity index (χ2n) is 7.41. The van der Waals surface area contributed by atoms with E-state index in [-0.39, 0.29) is 11.4 Å². The van der Waals surface area contributed by atoms with E-state index in [4.69, 9.17) is 4.74 Å². The number of rotatable bonds is 7. The summed E-state index contributed by atoms with van der Waals surface area (Å²) in [6, 6.07) is 23.4. The van der Waals surface area contributed by atoms with E-state index in [1.807, 2.05) is 61.5 Å². The Morgan fingerprint density at radius 2 is 1.69 bits per heavy atom. The Morgan fingerprint density at radius 1 is 1.00 bits per heavy atom. The van der Waals surface area contributed by atoms with Crippen LogP contribution in [0.5, 0.6) is 5.75 Å². The summed E-state index contributed by atoms with van der Waals surface area (Å²) in [7, 11) is 1.62. The molecule has 0 bridgehead atoms. The number of methoxy groups -OCH3 is 1. The van der Waals surface area contributed by atoms with E-state index in [0.717, 1.165) is 22.6 Å². The van der Waals surface area contributed by atoms with Gasteiger partial charge in [-0.15, -0.1) is 0 Å². The van der Waals surface area contributed by atoms with Gasteiger partial charge in [-0.3, -0.25) is 14.9 Å². The number of ether oxygens (including phenoxy) is 1. The molecule has 0 unspecified atom stereocenters. The van der Waals surface area contributed by atoms with Gasteiger partial charge >= 0.3 is 0 Å². The van der Waals surface area contributed by atoms with Crippen molar-refractivity contribution in [3.63, 3.8) is 0 Å². The molecule has 0 aliphatic carbocycles. The lowest BCUT2D eigenvalue weighted by molar-refractivity contribution is 0.415.